The Morgan fingerprint density at radius 1 is 0.929 bits per heavy atom. The van der Waals surface area contributed by atoms with Gasteiger partial charge in [0, 0.05) is 12.7 Å². The van der Waals surface area contributed by atoms with Crippen LogP contribution in [-0.4, -0.2) is 15.8 Å². The molecule has 2 aromatic heterocycles. The molecule has 0 fully saturated rings. The summed E-state index contributed by atoms with van der Waals surface area (Å²) in [6, 6.07) is 27.1. The number of nitrogens with one attached hydrogen (secondary N) is 1. The molecule has 0 saturated heterocycles. The summed E-state index contributed by atoms with van der Waals surface area (Å²) < 4.78 is 3.35. The van der Waals surface area contributed by atoms with Gasteiger partial charge in [0.1, 0.15) is 0 Å². The molecule has 0 aliphatic heterocycles. The minimum Gasteiger partial charge on any atom is -0.342 e. The van der Waals surface area contributed by atoms with E-state index < -0.39 is 0 Å². The number of anilines is 1. The van der Waals surface area contributed by atoms with Crippen molar-refractivity contribution >= 4 is 43.7 Å². The molecule has 4 nitrogen and oxygen atoms in total. The Hall–Kier alpha value is -3.44. The van der Waals surface area contributed by atoms with Gasteiger partial charge < -0.3 is 4.57 Å². The Balaban J connectivity index is 1.36. The third-order valence-electron chi connectivity index (χ3n) is 4.74. The van der Waals surface area contributed by atoms with Gasteiger partial charge in [-0.25, -0.2) is 4.98 Å². The number of aromatic nitrogens is 2. The van der Waals surface area contributed by atoms with Gasteiger partial charge in [-0.3, -0.25) is 5.43 Å². The van der Waals surface area contributed by atoms with Crippen molar-refractivity contribution in [1.29, 1.82) is 0 Å². The van der Waals surface area contributed by atoms with Crippen LogP contribution in [0.2, 0.25) is 0 Å². The predicted molar refractivity (Wildman–Crippen MR) is 118 cm³/mol. The minimum atomic E-state index is 0.796. The van der Waals surface area contributed by atoms with E-state index in [1.165, 1.54) is 16.3 Å². The molecule has 0 aliphatic carbocycles. The van der Waals surface area contributed by atoms with E-state index in [9.17, 15) is 0 Å². The number of hydrogen-bond acceptors (Lipinski definition) is 4. The Morgan fingerprint density at radius 2 is 1.79 bits per heavy atom. The van der Waals surface area contributed by atoms with Crippen LogP contribution in [0.3, 0.4) is 0 Å². The highest BCUT2D eigenvalue weighted by Crippen LogP contribution is 2.25. The third-order valence-corrected chi connectivity index (χ3v) is 5.68. The summed E-state index contributed by atoms with van der Waals surface area (Å²) >= 11 is 1.60. The number of thiazole rings is 1. The number of hydrazone groups is 1. The van der Waals surface area contributed by atoms with Crippen molar-refractivity contribution in [2.45, 2.75) is 6.54 Å². The van der Waals surface area contributed by atoms with E-state index in [4.69, 9.17) is 0 Å². The molecule has 2 heterocycles. The maximum absolute atomic E-state index is 4.54. The first kappa shape index (κ1) is 16.7. The molecule has 0 saturated carbocycles. The van der Waals surface area contributed by atoms with Gasteiger partial charge in [0.05, 0.1) is 22.1 Å². The Labute approximate surface area is 166 Å². The zero-order chi connectivity index (χ0) is 18.8. The van der Waals surface area contributed by atoms with Crippen molar-refractivity contribution in [3.8, 4) is 0 Å². The van der Waals surface area contributed by atoms with Crippen molar-refractivity contribution < 1.29 is 0 Å². The van der Waals surface area contributed by atoms with E-state index in [-0.39, 0.29) is 0 Å². The number of para-hydroxylation sites is 1. The molecule has 0 atom stereocenters. The first-order valence-electron chi connectivity index (χ1n) is 9.13. The van der Waals surface area contributed by atoms with Crippen LogP contribution in [0.25, 0.3) is 21.0 Å². The average Bonchev–Trinajstić information content (AvgIpc) is 3.35. The van der Waals surface area contributed by atoms with Crippen molar-refractivity contribution in [2.24, 2.45) is 5.10 Å². The van der Waals surface area contributed by atoms with Crippen molar-refractivity contribution in [2.75, 3.05) is 5.43 Å². The lowest BCUT2D eigenvalue weighted by molar-refractivity contribution is 0.805. The highest BCUT2D eigenvalue weighted by molar-refractivity contribution is 7.22. The normalized spacial score (nSPS) is 11.6. The fourth-order valence-corrected chi connectivity index (χ4v) is 4.19. The van der Waals surface area contributed by atoms with Crippen LogP contribution in [-0.2, 0) is 6.54 Å². The van der Waals surface area contributed by atoms with E-state index in [0.717, 1.165) is 27.6 Å². The summed E-state index contributed by atoms with van der Waals surface area (Å²) in [5.74, 6) is 0. The zero-order valence-electron chi connectivity index (χ0n) is 15.1. The van der Waals surface area contributed by atoms with E-state index in [1.54, 1.807) is 11.3 Å². The first-order valence-corrected chi connectivity index (χ1v) is 9.95. The molecule has 5 rings (SSSR count). The summed E-state index contributed by atoms with van der Waals surface area (Å²) in [7, 11) is 0. The summed E-state index contributed by atoms with van der Waals surface area (Å²) in [4.78, 5) is 4.54. The van der Waals surface area contributed by atoms with Gasteiger partial charge >= 0.3 is 0 Å². The van der Waals surface area contributed by atoms with Crippen LogP contribution in [0, 0.1) is 0 Å². The van der Waals surface area contributed by atoms with Crippen LogP contribution in [0.15, 0.2) is 90.2 Å². The number of nitrogens with zero attached hydrogens (tertiary/aromatic N) is 3. The maximum Gasteiger partial charge on any atom is 0.204 e. The van der Waals surface area contributed by atoms with Crippen molar-refractivity contribution in [3.63, 3.8) is 0 Å². The van der Waals surface area contributed by atoms with E-state index in [1.807, 2.05) is 30.5 Å². The highest BCUT2D eigenvalue weighted by Gasteiger charge is 2.04. The molecule has 5 aromatic rings. The van der Waals surface area contributed by atoms with Crippen molar-refractivity contribution in [3.05, 3.63) is 96.3 Å². The highest BCUT2D eigenvalue weighted by atomic mass is 32.1. The smallest absolute Gasteiger partial charge is 0.204 e. The van der Waals surface area contributed by atoms with Gasteiger partial charge in [-0.15, -0.1) is 0 Å². The average molecular weight is 382 g/mol. The second-order valence-electron chi connectivity index (χ2n) is 6.56. The molecule has 28 heavy (non-hydrogen) atoms. The molecule has 0 bridgehead atoms. The number of benzene rings is 3. The lowest BCUT2D eigenvalue weighted by atomic mass is 10.0. The maximum atomic E-state index is 4.54. The lowest BCUT2D eigenvalue weighted by Crippen LogP contribution is -2.04. The van der Waals surface area contributed by atoms with E-state index in [0.29, 0.717) is 0 Å². The predicted octanol–water partition coefficient (Wildman–Crippen LogP) is 5.75. The van der Waals surface area contributed by atoms with Crippen LogP contribution >= 0.6 is 11.3 Å². The standard InChI is InChI=1S/C23H18N4S/c1-2-11-20-17(7-1)8-5-9-18(20)16-27-14-6-10-19(27)15-24-26-23-25-21-12-3-4-13-22(21)28-23/h1-15H,16H2,(H,25,26). The Bertz CT molecular complexity index is 1240. The van der Waals surface area contributed by atoms with Crippen LogP contribution in [0.1, 0.15) is 11.3 Å². The van der Waals surface area contributed by atoms with Crippen LogP contribution in [0.4, 0.5) is 5.13 Å². The summed E-state index contributed by atoms with van der Waals surface area (Å²) in [6.45, 7) is 0.802. The quantitative estimate of drug-likeness (QED) is 0.311. The fraction of sp³-hybridized carbons (Fsp3) is 0.0435. The van der Waals surface area contributed by atoms with Crippen LogP contribution < -0.4 is 5.43 Å². The summed E-state index contributed by atoms with van der Waals surface area (Å²) in [5, 5.41) is 7.74. The molecule has 5 heteroatoms. The second kappa shape index (κ2) is 7.29. The van der Waals surface area contributed by atoms with E-state index >= 15 is 0 Å². The number of fused-ring (bicyclic) bond motifs is 2. The SMILES string of the molecule is C(=NNc1nc2ccccc2s1)c1cccn1Cc1cccc2ccccc12. The number of hydrogen-bond donors (Lipinski definition) is 1. The van der Waals surface area contributed by atoms with Gasteiger partial charge in [-0.2, -0.15) is 5.10 Å². The second-order valence-corrected chi connectivity index (χ2v) is 7.59. The first-order chi connectivity index (χ1) is 13.9. The summed E-state index contributed by atoms with van der Waals surface area (Å²) in [5.41, 5.74) is 6.38. The molecule has 0 amide bonds. The largest absolute Gasteiger partial charge is 0.342 e. The fourth-order valence-electron chi connectivity index (χ4n) is 3.38. The molecule has 0 unspecified atom stereocenters. The summed E-state index contributed by atoms with van der Waals surface area (Å²) in [6.07, 6.45) is 3.93. The van der Waals surface area contributed by atoms with E-state index in [2.05, 4.69) is 80.9 Å². The molecule has 3 aromatic carbocycles. The Kier molecular flexibility index (Phi) is 4.35. The van der Waals surface area contributed by atoms with Gasteiger partial charge in [0.15, 0.2) is 0 Å². The molecule has 136 valence electrons. The van der Waals surface area contributed by atoms with Crippen molar-refractivity contribution in [1.82, 2.24) is 9.55 Å². The minimum absolute atomic E-state index is 0.796. The third kappa shape index (κ3) is 3.28. The molecule has 0 radical (unpaired) electrons. The van der Waals surface area contributed by atoms with Gasteiger partial charge in [-0.05, 0) is 40.6 Å². The molecular formula is C23H18N4S. The Morgan fingerprint density at radius 3 is 2.75 bits per heavy atom. The molecule has 0 aliphatic rings. The molecular weight excluding hydrogens is 364 g/mol. The van der Waals surface area contributed by atoms with Gasteiger partial charge in [0.25, 0.3) is 0 Å². The van der Waals surface area contributed by atoms with Gasteiger partial charge in [0.2, 0.25) is 5.13 Å². The molecule has 0 spiro atoms. The zero-order valence-corrected chi connectivity index (χ0v) is 15.9. The topological polar surface area (TPSA) is 42.2 Å². The number of rotatable bonds is 5. The van der Waals surface area contributed by atoms with Gasteiger partial charge in [-0.1, -0.05) is 65.9 Å². The monoisotopic (exact) mass is 382 g/mol. The lowest BCUT2D eigenvalue weighted by Gasteiger charge is -2.09. The molecule has 1 N–H and O–H groups in total. The van der Waals surface area contributed by atoms with Crippen LogP contribution in [0.5, 0.6) is 0 Å².